The first kappa shape index (κ1) is 15.2. The molecule has 8 heteroatoms. The second-order valence-electron chi connectivity index (χ2n) is 5.31. The highest BCUT2D eigenvalue weighted by Crippen LogP contribution is 2.28. The average Bonchev–Trinajstić information content (AvgIpc) is 2.48. The van der Waals surface area contributed by atoms with Crippen molar-refractivity contribution in [1.29, 1.82) is 0 Å². The number of nitrogens with zero attached hydrogens (tertiary/aromatic N) is 1. The first-order valence-corrected chi connectivity index (χ1v) is 6.78. The Morgan fingerprint density at radius 2 is 2.10 bits per heavy atom. The predicted molar refractivity (Wildman–Crippen MR) is 74.1 cm³/mol. The Hall–Kier alpha value is -2.22. The molecule has 0 bridgehead atoms. The Morgan fingerprint density at radius 1 is 1.43 bits per heavy atom. The number of aliphatic hydroxyl groups is 1. The lowest BCUT2D eigenvalue weighted by atomic mass is 9.82. The minimum absolute atomic E-state index is 0.217. The van der Waals surface area contributed by atoms with Crippen LogP contribution in [-0.4, -0.2) is 33.1 Å². The van der Waals surface area contributed by atoms with Crippen LogP contribution < -0.4 is 10.9 Å². The van der Waals surface area contributed by atoms with E-state index < -0.39 is 21.9 Å². The monoisotopic (exact) mass is 295 g/mol. The van der Waals surface area contributed by atoms with E-state index in [1.54, 1.807) is 0 Å². The number of pyridine rings is 1. The molecule has 0 aromatic carbocycles. The van der Waals surface area contributed by atoms with E-state index in [2.05, 4.69) is 10.3 Å². The van der Waals surface area contributed by atoms with Crippen molar-refractivity contribution in [2.75, 3.05) is 6.61 Å². The summed E-state index contributed by atoms with van der Waals surface area (Å²) in [4.78, 5) is 36.1. The van der Waals surface area contributed by atoms with Gasteiger partial charge in [-0.15, -0.1) is 0 Å². The molecule has 1 fully saturated rings. The van der Waals surface area contributed by atoms with Gasteiger partial charge in [-0.05, 0) is 12.8 Å². The normalized spacial score (nSPS) is 17.2. The molecule has 1 saturated carbocycles. The van der Waals surface area contributed by atoms with Gasteiger partial charge in [0.25, 0.3) is 17.2 Å². The Labute approximate surface area is 120 Å². The van der Waals surface area contributed by atoms with Gasteiger partial charge in [0, 0.05) is 6.07 Å². The second-order valence-corrected chi connectivity index (χ2v) is 5.31. The third kappa shape index (κ3) is 3.27. The fraction of sp³-hybridized carbons (Fsp3) is 0.538. The van der Waals surface area contributed by atoms with Crippen molar-refractivity contribution in [3.05, 3.63) is 38.3 Å². The van der Waals surface area contributed by atoms with Crippen LogP contribution in [0.2, 0.25) is 0 Å². The highest BCUT2D eigenvalue weighted by Gasteiger charge is 2.34. The number of hydrogen-bond donors (Lipinski definition) is 3. The van der Waals surface area contributed by atoms with Gasteiger partial charge >= 0.3 is 0 Å². The van der Waals surface area contributed by atoms with Crippen LogP contribution in [-0.2, 0) is 0 Å². The number of carbonyl (C=O) groups is 1. The summed E-state index contributed by atoms with van der Waals surface area (Å²) in [5.74, 6) is -0.698. The van der Waals surface area contributed by atoms with Crippen LogP contribution in [0.1, 0.15) is 42.5 Å². The molecule has 3 N–H and O–H groups in total. The standard InChI is InChI=1S/C13H17N3O5/c17-8-13(4-2-1-3-5-13)15-12(19)10-6-9(16(20)21)7-14-11(10)18/h6-7,17H,1-5,8H2,(H,14,18)(H,15,19). The fourth-order valence-electron chi connectivity index (χ4n) is 2.61. The van der Waals surface area contributed by atoms with Crippen LogP contribution in [0.15, 0.2) is 17.1 Å². The number of aromatic nitrogens is 1. The molecule has 2 rings (SSSR count). The average molecular weight is 295 g/mol. The second kappa shape index (κ2) is 6.04. The van der Waals surface area contributed by atoms with Crippen LogP contribution in [0, 0.1) is 10.1 Å². The van der Waals surface area contributed by atoms with Crippen LogP contribution in [0.25, 0.3) is 0 Å². The number of nitrogens with one attached hydrogen (secondary N) is 2. The van der Waals surface area contributed by atoms with E-state index in [0.29, 0.717) is 12.8 Å². The van der Waals surface area contributed by atoms with Gasteiger partial charge in [0.05, 0.1) is 23.3 Å². The maximum atomic E-state index is 12.2. The first-order valence-electron chi connectivity index (χ1n) is 6.78. The minimum Gasteiger partial charge on any atom is -0.394 e. The third-order valence-electron chi connectivity index (χ3n) is 3.84. The maximum Gasteiger partial charge on any atom is 0.286 e. The van der Waals surface area contributed by atoms with Gasteiger partial charge in [0.1, 0.15) is 5.56 Å². The summed E-state index contributed by atoms with van der Waals surface area (Å²) in [6.07, 6.45) is 5.00. The molecule has 8 nitrogen and oxygen atoms in total. The van der Waals surface area contributed by atoms with Crippen molar-refractivity contribution in [1.82, 2.24) is 10.3 Å². The molecule has 0 radical (unpaired) electrons. The van der Waals surface area contributed by atoms with Crippen LogP contribution >= 0.6 is 0 Å². The smallest absolute Gasteiger partial charge is 0.286 e. The largest absolute Gasteiger partial charge is 0.394 e. The van der Waals surface area contributed by atoms with E-state index in [1.807, 2.05) is 0 Å². The molecule has 1 aromatic rings. The SMILES string of the molecule is O=C(NC1(CO)CCCCC1)c1cc([N+](=O)[O-])c[nH]c1=O. The van der Waals surface area contributed by atoms with E-state index >= 15 is 0 Å². The summed E-state index contributed by atoms with van der Waals surface area (Å²) in [5.41, 5.74) is -2.11. The van der Waals surface area contributed by atoms with E-state index in [4.69, 9.17) is 0 Å². The molecule has 1 heterocycles. The molecule has 0 saturated heterocycles. The summed E-state index contributed by atoms with van der Waals surface area (Å²) in [7, 11) is 0. The number of carbonyl (C=O) groups excluding carboxylic acids is 1. The number of hydrogen-bond acceptors (Lipinski definition) is 5. The summed E-state index contributed by atoms with van der Waals surface area (Å²) in [5, 5.41) is 22.9. The number of nitro groups is 1. The van der Waals surface area contributed by atoms with Gasteiger partial charge in [-0.3, -0.25) is 19.7 Å². The molecule has 21 heavy (non-hydrogen) atoms. The van der Waals surface area contributed by atoms with Crippen LogP contribution in [0.5, 0.6) is 0 Å². The van der Waals surface area contributed by atoms with E-state index in [9.17, 15) is 24.8 Å². The fourth-order valence-corrected chi connectivity index (χ4v) is 2.61. The van der Waals surface area contributed by atoms with Crippen LogP contribution in [0.3, 0.4) is 0 Å². The highest BCUT2D eigenvalue weighted by molar-refractivity contribution is 5.94. The van der Waals surface area contributed by atoms with Gasteiger partial charge in [0.2, 0.25) is 0 Å². The first-order chi connectivity index (χ1) is 9.97. The maximum absolute atomic E-state index is 12.2. The molecule has 0 spiro atoms. The van der Waals surface area contributed by atoms with Gasteiger partial charge in [-0.25, -0.2) is 0 Å². The van der Waals surface area contributed by atoms with Crippen molar-refractivity contribution in [3.8, 4) is 0 Å². The minimum atomic E-state index is -0.744. The molecule has 1 aliphatic rings. The molecule has 1 amide bonds. The zero-order chi connectivity index (χ0) is 15.5. The molecule has 114 valence electrons. The molecule has 1 aliphatic carbocycles. The number of H-pyrrole nitrogens is 1. The number of amides is 1. The summed E-state index contributed by atoms with van der Waals surface area (Å²) >= 11 is 0. The lowest BCUT2D eigenvalue weighted by molar-refractivity contribution is -0.385. The Balaban J connectivity index is 2.25. The molecule has 0 unspecified atom stereocenters. The lowest BCUT2D eigenvalue weighted by Crippen LogP contribution is -2.53. The Kier molecular flexibility index (Phi) is 4.37. The van der Waals surface area contributed by atoms with Crippen molar-refractivity contribution in [3.63, 3.8) is 0 Å². The molecule has 0 atom stereocenters. The summed E-state index contributed by atoms with van der Waals surface area (Å²) < 4.78 is 0. The summed E-state index contributed by atoms with van der Waals surface area (Å²) in [6, 6.07) is 0.946. The Morgan fingerprint density at radius 3 is 2.67 bits per heavy atom. The third-order valence-corrected chi connectivity index (χ3v) is 3.84. The molecule has 1 aromatic heterocycles. The van der Waals surface area contributed by atoms with Gasteiger partial charge in [0.15, 0.2) is 0 Å². The van der Waals surface area contributed by atoms with Crippen molar-refractivity contribution < 1.29 is 14.8 Å². The molecule has 0 aliphatic heterocycles. The van der Waals surface area contributed by atoms with Gasteiger partial charge in [-0.1, -0.05) is 19.3 Å². The van der Waals surface area contributed by atoms with Crippen LogP contribution in [0.4, 0.5) is 5.69 Å². The van der Waals surface area contributed by atoms with Gasteiger partial charge in [-0.2, -0.15) is 0 Å². The summed E-state index contributed by atoms with van der Waals surface area (Å²) in [6.45, 7) is -0.217. The molecular weight excluding hydrogens is 278 g/mol. The van der Waals surface area contributed by atoms with Crippen molar-refractivity contribution in [2.24, 2.45) is 0 Å². The van der Waals surface area contributed by atoms with Gasteiger partial charge < -0.3 is 15.4 Å². The zero-order valence-electron chi connectivity index (χ0n) is 11.4. The number of aliphatic hydroxyl groups excluding tert-OH is 1. The number of rotatable bonds is 4. The highest BCUT2D eigenvalue weighted by atomic mass is 16.6. The lowest BCUT2D eigenvalue weighted by Gasteiger charge is -2.36. The zero-order valence-corrected chi connectivity index (χ0v) is 11.4. The van der Waals surface area contributed by atoms with E-state index in [-0.39, 0.29) is 17.9 Å². The topological polar surface area (TPSA) is 125 Å². The van der Waals surface area contributed by atoms with Crippen molar-refractivity contribution in [2.45, 2.75) is 37.6 Å². The Bertz CT molecular complexity index is 604. The quantitative estimate of drug-likeness (QED) is 0.557. The van der Waals surface area contributed by atoms with E-state index in [1.165, 1.54) is 0 Å². The van der Waals surface area contributed by atoms with Crippen molar-refractivity contribution >= 4 is 11.6 Å². The van der Waals surface area contributed by atoms with E-state index in [0.717, 1.165) is 31.5 Å². The molecular formula is C13H17N3O5. The predicted octanol–water partition coefficient (Wildman–Crippen LogP) is 0.708. The number of aromatic amines is 1.